The molecule has 0 radical (unpaired) electrons. The molecule has 0 aromatic heterocycles. The highest BCUT2D eigenvalue weighted by Crippen LogP contribution is 2.68. The molecule has 3 heteroatoms. The van der Waals surface area contributed by atoms with E-state index in [1.165, 1.54) is 25.7 Å². The molecule has 1 aliphatic heterocycles. The largest absolute Gasteiger partial charge is 0.504 e. The normalized spacial score (nSPS) is 40.7. The third-order valence-corrected chi connectivity index (χ3v) is 8.27. The predicted octanol–water partition coefficient (Wildman–Crippen LogP) is 5.99. The molecule has 5 atom stereocenters. The second-order valence-electron chi connectivity index (χ2n) is 10.2. The minimum absolute atomic E-state index is 0.0316. The van der Waals surface area contributed by atoms with Crippen molar-refractivity contribution in [2.45, 2.75) is 84.7 Å². The zero-order valence-corrected chi connectivity index (χ0v) is 16.9. The van der Waals surface area contributed by atoms with Crippen LogP contribution in [0.3, 0.4) is 0 Å². The highest BCUT2D eigenvalue weighted by Gasteiger charge is 2.62. The van der Waals surface area contributed by atoms with Crippen molar-refractivity contribution in [3.05, 3.63) is 17.7 Å². The molecule has 4 rings (SSSR count). The Bertz CT molecular complexity index is 724. The zero-order valence-electron chi connectivity index (χ0n) is 16.9. The van der Waals surface area contributed by atoms with E-state index in [-0.39, 0.29) is 22.5 Å². The molecule has 0 spiro atoms. The average Bonchev–Trinajstić information content (AvgIpc) is 2.53. The van der Waals surface area contributed by atoms with Gasteiger partial charge in [0.1, 0.15) is 11.4 Å². The van der Waals surface area contributed by atoms with Crippen LogP contribution in [0, 0.1) is 22.7 Å². The Hall–Kier alpha value is -1.38. The standard InChI is InChI=1S/C23H34O3/c1-6-14-15-12-16(24)17(25)13-18(15)26-23(5)11-8-19-21(2,3)9-7-10-22(19,4)20(14)23/h12-14,19-20,24-25H,6-11H2,1-5H3/t14-,19-,20+,22-,23-/m0/s1. The summed E-state index contributed by atoms with van der Waals surface area (Å²) in [5, 5.41) is 20.1. The van der Waals surface area contributed by atoms with Gasteiger partial charge in [-0.1, -0.05) is 34.1 Å². The molecule has 0 unspecified atom stereocenters. The number of aromatic hydroxyl groups is 2. The molecular weight excluding hydrogens is 324 g/mol. The van der Waals surface area contributed by atoms with Crippen LogP contribution in [0.1, 0.15) is 84.6 Å². The fraction of sp³-hybridized carbons (Fsp3) is 0.739. The number of rotatable bonds is 1. The summed E-state index contributed by atoms with van der Waals surface area (Å²) < 4.78 is 6.60. The maximum Gasteiger partial charge on any atom is 0.161 e. The molecule has 2 N–H and O–H groups in total. The lowest BCUT2D eigenvalue weighted by molar-refractivity contribution is -0.173. The molecule has 0 saturated heterocycles. The molecule has 2 saturated carbocycles. The summed E-state index contributed by atoms with van der Waals surface area (Å²) in [5.74, 6) is 2.16. The van der Waals surface area contributed by atoms with E-state index in [1.54, 1.807) is 12.1 Å². The van der Waals surface area contributed by atoms with E-state index >= 15 is 0 Å². The number of hydrogen-bond acceptors (Lipinski definition) is 3. The molecule has 0 bridgehead atoms. The highest BCUT2D eigenvalue weighted by molar-refractivity contribution is 5.52. The molecule has 3 aliphatic rings. The Morgan fingerprint density at radius 2 is 1.73 bits per heavy atom. The van der Waals surface area contributed by atoms with Gasteiger partial charge in [0.05, 0.1) is 0 Å². The summed E-state index contributed by atoms with van der Waals surface area (Å²) in [6.07, 6.45) is 7.19. The van der Waals surface area contributed by atoms with Gasteiger partial charge < -0.3 is 14.9 Å². The van der Waals surface area contributed by atoms with Gasteiger partial charge in [0.2, 0.25) is 0 Å². The molecular formula is C23H34O3. The number of hydrogen-bond donors (Lipinski definition) is 2. The van der Waals surface area contributed by atoms with Crippen LogP contribution < -0.4 is 4.74 Å². The summed E-state index contributed by atoms with van der Waals surface area (Å²) in [4.78, 5) is 0. The van der Waals surface area contributed by atoms with Gasteiger partial charge in [0, 0.05) is 17.5 Å². The van der Waals surface area contributed by atoms with Crippen LogP contribution in [-0.2, 0) is 0 Å². The minimum Gasteiger partial charge on any atom is -0.504 e. The summed E-state index contributed by atoms with van der Waals surface area (Å²) in [5.41, 5.74) is 1.51. The van der Waals surface area contributed by atoms with Crippen LogP contribution in [0.15, 0.2) is 12.1 Å². The summed E-state index contributed by atoms with van der Waals surface area (Å²) in [7, 11) is 0. The van der Waals surface area contributed by atoms with Crippen LogP contribution in [0.25, 0.3) is 0 Å². The Morgan fingerprint density at radius 1 is 1.04 bits per heavy atom. The molecule has 2 aliphatic carbocycles. The number of phenols is 2. The van der Waals surface area contributed by atoms with Gasteiger partial charge in [-0.3, -0.25) is 0 Å². The molecule has 144 valence electrons. The minimum atomic E-state index is -0.199. The Balaban J connectivity index is 1.87. The van der Waals surface area contributed by atoms with Crippen LogP contribution in [0.5, 0.6) is 17.2 Å². The number of fused-ring (bicyclic) bond motifs is 4. The summed E-state index contributed by atoms with van der Waals surface area (Å²) in [6, 6.07) is 3.37. The van der Waals surface area contributed by atoms with Crippen molar-refractivity contribution in [3.63, 3.8) is 0 Å². The van der Waals surface area contributed by atoms with Gasteiger partial charge in [0.15, 0.2) is 11.5 Å². The maximum absolute atomic E-state index is 10.1. The Kier molecular flexibility index (Phi) is 3.85. The van der Waals surface area contributed by atoms with Gasteiger partial charge in [0.25, 0.3) is 0 Å². The van der Waals surface area contributed by atoms with Crippen LogP contribution >= 0.6 is 0 Å². The Morgan fingerprint density at radius 3 is 2.42 bits per heavy atom. The second-order valence-corrected chi connectivity index (χ2v) is 10.2. The van der Waals surface area contributed by atoms with Gasteiger partial charge in [-0.15, -0.1) is 0 Å². The molecule has 1 aromatic carbocycles. The first kappa shape index (κ1) is 18.0. The van der Waals surface area contributed by atoms with Crippen molar-refractivity contribution in [1.29, 1.82) is 0 Å². The number of ether oxygens (including phenoxy) is 1. The van der Waals surface area contributed by atoms with Gasteiger partial charge in [-0.2, -0.15) is 0 Å². The van der Waals surface area contributed by atoms with Crippen molar-refractivity contribution in [2.24, 2.45) is 22.7 Å². The van der Waals surface area contributed by atoms with Crippen molar-refractivity contribution in [1.82, 2.24) is 0 Å². The molecule has 1 aromatic rings. The molecule has 3 nitrogen and oxygen atoms in total. The summed E-state index contributed by atoms with van der Waals surface area (Å²) >= 11 is 0. The van der Waals surface area contributed by atoms with E-state index in [2.05, 4.69) is 34.6 Å². The predicted molar refractivity (Wildman–Crippen MR) is 104 cm³/mol. The molecule has 0 amide bonds. The highest BCUT2D eigenvalue weighted by atomic mass is 16.5. The molecule has 26 heavy (non-hydrogen) atoms. The SMILES string of the molecule is CC[C@H]1c2cc(O)c(O)cc2O[C@@]2(C)CC[C@H]3C(C)(C)CCC[C@]3(C)[C@@H]12. The number of phenolic OH excluding ortho intramolecular Hbond substituents is 2. The van der Waals surface area contributed by atoms with E-state index in [0.717, 1.165) is 24.2 Å². The summed E-state index contributed by atoms with van der Waals surface area (Å²) in [6.45, 7) is 12.0. The van der Waals surface area contributed by atoms with Gasteiger partial charge in [-0.25, -0.2) is 0 Å². The van der Waals surface area contributed by atoms with E-state index in [0.29, 0.717) is 23.2 Å². The van der Waals surface area contributed by atoms with Crippen LogP contribution in [0.2, 0.25) is 0 Å². The van der Waals surface area contributed by atoms with E-state index in [4.69, 9.17) is 4.74 Å². The van der Waals surface area contributed by atoms with Crippen LogP contribution in [-0.4, -0.2) is 15.8 Å². The molecule has 2 fully saturated rings. The Labute approximate surface area is 157 Å². The monoisotopic (exact) mass is 358 g/mol. The van der Waals surface area contributed by atoms with E-state index < -0.39 is 0 Å². The zero-order chi connectivity index (χ0) is 18.9. The number of benzene rings is 1. The lowest BCUT2D eigenvalue weighted by Crippen LogP contribution is -2.62. The topological polar surface area (TPSA) is 49.7 Å². The van der Waals surface area contributed by atoms with E-state index in [9.17, 15) is 10.2 Å². The lowest BCUT2D eigenvalue weighted by atomic mass is 9.43. The third-order valence-electron chi connectivity index (χ3n) is 8.27. The van der Waals surface area contributed by atoms with Crippen molar-refractivity contribution >= 4 is 0 Å². The first-order valence-electron chi connectivity index (χ1n) is 10.4. The first-order valence-corrected chi connectivity index (χ1v) is 10.4. The van der Waals surface area contributed by atoms with Crippen molar-refractivity contribution in [2.75, 3.05) is 0 Å². The van der Waals surface area contributed by atoms with Crippen molar-refractivity contribution in [3.8, 4) is 17.2 Å². The second kappa shape index (κ2) is 5.56. The van der Waals surface area contributed by atoms with Crippen molar-refractivity contribution < 1.29 is 14.9 Å². The van der Waals surface area contributed by atoms with E-state index in [1.807, 2.05) is 0 Å². The fourth-order valence-corrected chi connectivity index (χ4v) is 7.38. The fourth-order valence-electron chi connectivity index (χ4n) is 7.38. The average molecular weight is 359 g/mol. The third kappa shape index (κ3) is 2.31. The van der Waals surface area contributed by atoms with Gasteiger partial charge >= 0.3 is 0 Å². The van der Waals surface area contributed by atoms with Gasteiger partial charge in [-0.05, 0) is 67.8 Å². The quantitative estimate of drug-likeness (QED) is 0.607. The smallest absolute Gasteiger partial charge is 0.161 e. The van der Waals surface area contributed by atoms with Crippen LogP contribution in [0.4, 0.5) is 0 Å². The maximum atomic E-state index is 10.1. The first-order chi connectivity index (χ1) is 12.1. The lowest BCUT2D eigenvalue weighted by Gasteiger charge is -2.65. The molecule has 1 heterocycles.